The molecule has 0 saturated carbocycles. The summed E-state index contributed by atoms with van der Waals surface area (Å²) in [5, 5.41) is 1.03. The van der Waals surface area contributed by atoms with Crippen molar-refractivity contribution < 1.29 is 4.74 Å². The molecule has 0 radical (unpaired) electrons. The molecule has 1 aromatic carbocycles. The smallest absolute Gasteiger partial charge is 0.255 e. The van der Waals surface area contributed by atoms with Gasteiger partial charge in [0.25, 0.3) is 5.56 Å². The molecule has 1 aliphatic rings. The van der Waals surface area contributed by atoms with Gasteiger partial charge in [-0.25, -0.2) is 4.99 Å². The van der Waals surface area contributed by atoms with Crippen molar-refractivity contribution >= 4 is 16.9 Å². The van der Waals surface area contributed by atoms with Crippen molar-refractivity contribution in [3.63, 3.8) is 0 Å². The number of hydrogen-bond donors (Lipinski definition) is 1. The van der Waals surface area contributed by atoms with E-state index in [1.807, 2.05) is 42.2 Å². The van der Waals surface area contributed by atoms with Crippen LogP contribution in [0.2, 0.25) is 0 Å². The minimum atomic E-state index is -0.0319. The Hall–Kier alpha value is -2.34. The number of para-hydroxylation sites is 1. The summed E-state index contributed by atoms with van der Waals surface area (Å²) < 4.78 is 7.16. The summed E-state index contributed by atoms with van der Waals surface area (Å²) in [7, 11) is 1.78. The second-order valence-corrected chi connectivity index (χ2v) is 5.89. The van der Waals surface area contributed by atoms with E-state index in [0.29, 0.717) is 18.1 Å². The maximum absolute atomic E-state index is 12.4. The van der Waals surface area contributed by atoms with Gasteiger partial charge in [0, 0.05) is 25.7 Å². The molecule has 2 heterocycles. The SMILES string of the molecule is CC1CN(C(N)=NCc2cc3ccccc3n(C)c2=O)CCO1. The van der Waals surface area contributed by atoms with Crippen LogP contribution < -0.4 is 11.3 Å². The van der Waals surface area contributed by atoms with Gasteiger partial charge in [0.2, 0.25) is 0 Å². The first-order valence-electron chi connectivity index (χ1n) is 7.80. The van der Waals surface area contributed by atoms with Gasteiger partial charge in [-0.15, -0.1) is 0 Å². The summed E-state index contributed by atoms with van der Waals surface area (Å²) in [6, 6.07) is 9.72. The van der Waals surface area contributed by atoms with Crippen LogP contribution in [0.1, 0.15) is 12.5 Å². The summed E-state index contributed by atoms with van der Waals surface area (Å²) in [5.74, 6) is 0.468. The number of aromatic nitrogens is 1. The lowest BCUT2D eigenvalue weighted by Crippen LogP contribution is -2.47. The van der Waals surface area contributed by atoms with Crippen molar-refractivity contribution in [2.24, 2.45) is 17.8 Å². The van der Waals surface area contributed by atoms with E-state index < -0.39 is 0 Å². The van der Waals surface area contributed by atoms with Gasteiger partial charge >= 0.3 is 0 Å². The number of pyridine rings is 1. The zero-order chi connectivity index (χ0) is 16.4. The summed E-state index contributed by atoms with van der Waals surface area (Å²) in [6.45, 7) is 4.41. The standard InChI is InChI=1S/C17H22N4O2/c1-12-11-21(7-8-23-12)17(18)19-10-14-9-13-5-3-4-6-15(13)20(2)16(14)22/h3-6,9,12H,7-8,10-11H2,1-2H3,(H2,18,19). The zero-order valence-electron chi connectivity index (χ0n) is 13.5. The molecule has 1 saturated heterocycles. The van der Waals surface area contributed by atoms with Crippen LogP contribution in [0.5, 0.6) is 0 Å². The Balaban J connectivity index is 1.85. The van der Waals surface area contributed by atoms with Gasteiger partial charge < -0.3 is 19.9 Å². The van der Waals surface area contributed by atoms with Crippen LogP contribution in [0, 0.1) is 0 Å². The maximum atomic E-state index is 12.4. The van der Waals surface area contributed by atoms with E-state index in [9.17, 15) is 4.79 Å². The summed E-state index contributed by atoms with van der Waals surface area (Å²) in [6.07, 6.45) is 0.144. The van der Waals surface area contributed by atoms with Crippen LogP contribution in [0.3, 0.4) is 0 Å². The second kappa shape index (κ2) is 6.42. The molecule has 1 unspecified atom stereocenters. The fourth-order valence-electron chi connectivity index (χ4n) is 2.90. The molecule has 1 aliphatic heterocycles. The predicted molar refractivity (Wildman–Crippen MR) is 91.5 cm³/mol. The van der Waals surface area contributed by atoms with Crippen molar-refractivity contribution in [3.8, 4) is 0 Å². The number of benzene rings is 1. The van der Waals surface area contributed by atoms with E-state index >= 15 is 0 Å². The molecule has 1 aromatic heterocycles. The molecule has 2 aromatic rings. The number of nitrogens with two attached hydrogens (primary N) is 1. The van der Waals surface area contributed by atoms with Crippen molar-refractivity contribution in [1.82, 2.24) is 9.47 Å². The highest BCUT2D eigenvalue weighted by atomic mass is 16.5. The fraction of sp³-hybridized carbons (Fsp3) is 0.412. The van der Waals surface area contributed by atoms with Gasteiger partial charge in [-0.1, -0.05) is 18.2 Å². The van der Waals surface area contributed by atoms with Crippen molar-refractivity contribution in [1.29, 1.82) is 0 Å². The Morgan fingerprint density at radius 2 is 2.22 bits per heavy atom. The molecule has 23 heavy (non-hydrogen) atoms. The number of guanidine groups is 1. The quantitative estimate of drug-likeness (QED) is 0.665. The number of aryl methyl sites for hydroxylation is 1. The van der Waals surface area contributed by atoms with E-state index in [0.717, 1.165) is 24.0 Å². The van der Waals surface area contributed by atoms with Crippen molar-refractivity contribution in [3.05, 3.63) is 46.2 Å². The first-order valence-corrected chi connectivity index (χ1v) is 7.80. The molecular formula is C17H22N4O2. The molecule has 0 bridgehead atoms. The Labute approximate surface area is 135 Å². The van der Waals surface area contributed by atoms with Crippen molar-refractivity contribution in [2.75, 3.05) is 19.7 Å². The van der Waals surface area contributed by atoms with Crippen LogP contribution >= 0.6 is 0 Å². The lowest BCUT2D eigenvalue weighted by molar-refractivity contribution is 0.00528. The molecule has 6 heteroatoms. The average molecular weight is 314 g/mol. The van der Waals surface area contributed by atoms with E-state index in [2.05, 4.69) is 4.99 Å². The van der Waals surface area contributed by atoms with Crippen LogP contribution in [0.25, 0.3) is 10.9 Å². The molecule has 0 amide bonds. The maximum Gasteiger partial charge on any atom is 0.255 e. The number of hydrogen-bond acceptors (Lipinski definition) is 3. The number of nitrogens with zero attached hydrogens (tertiary/aromatic N) is 3. The van der Waals surface area contributed by atoms with Crippen LogP contribution in [0.15, 0.2) is 40.1 Å². The lowest BCUT2D eigenvalue weighted by atomic mass is 10.1. The number of ether oxygens (including phenoxy) is 1. The topological polar surface area (TPSA) is 72.8 Å². The van der Waals surface area contributed by atoms with Gasteiger partial charge in [0.15, 0.2) is 5.96 Å². The molecule has 2 N–H and O–H groups in total. The van der Waals surface area contributed by atoms with E-state index in [4.69, 9.17) is 10.5 Å². The normalized spacial score (nSPS) is 19.3. The number of morpholine rings is 1. The third-order valence-corrected chi connectivity index (χ3v) is 4.18. The van der Waals surface area contributed by atoms with Crippen LogP contribution in [0.4, 0.5) is 0 Å². The highest BCUT2D eigenvalue weighted by Crippen LogP contribution is 2.13. The molecule has 3 rings (SSSR count). The number of fused-ring (bicyclic) bond motifs is 1. The largest absolute Gasteiger partial charge is 0.375 e. The first-order chi connectivity index (χ1) is 11.1. The minimum Gasteiger partial charge on any atom is -0.375 e. The number of rotatable bonds is 2. The molecule has 0 aliphatic carbocycles. The van der Waals surface area contributed by atoms with Gasteiger partial charge in [-0.2, -0.15) is 0 Å². The molecule has 1 fully saturated rings. The van der Waals surface area contributed by atoms with Crippen LogP contribution in [-0.4, -0.2) is 41.2 Å². The Morgan fingerprint density at radius 1 is 1.43 bits per heavy atom. The molecule has 122 valence electrons. The van der Waals surface area contributed by atoms with E-state index in [1.54, 1.807) is 11.6 Å². The zero-order valence-corrected chi connectivity index (χ0v) is 13.5. The monoisotopic (exact) mass is 314 g/mol. The summed E-state index contributed by atoms with van der Waals surface area (Å²) in [5.41, 5.74) is 7.60. The highest BCUT2D eigenvalue weighted by molar-refractivity contribution is 5.80. The first kappa shape index (κ1) is 15.6. The fourth-order valence-corrected chi connectivity index (χ4v) is 2.90. The van der Waals surface area contributed by atoms with Crippen molar-refractivity contribution in [2.45, 2.75) is 19.6 Å². The molecule has 6 nitrogen and oxygen atoms in total. The second-order valence-electron chi connectivity index (χ2n) is 5.89. The van der Waals surface area contributed by atoms with Gasteiger partial charge in [-0.3, -0.25) is 4.79 Å². The Morgan fingerprint density at radius 3 is 3.00 bits per heavy atom. The summed E-state index contributed by atoms with van der Waals surface area (Å²) >= 11 is 0. The van der Waals surface area contributed by atoms with Gasteiger partial charge in [0.1, 0.15) is 0 Å². The third kappa shape index (κ3) is 3.22. The molecule has 1 atom stereocenters. The minimum absolute atomic E-state index is 0.0319. The van der Waals surface area contributed by atoms with Gasteiger partial charge in [-0.05, 0) is 24.4 Å². The third-order valence-electron chi connectivity index (χ3n) is 4.18. The van der Waals surface area contributed by atoms with E-state index in [-0.39, 0.29) is 18.2 Å². The van der Waals surface area contributed by atoms with Gasteiger partial charge in [0.05, 0.1) is 24.8 Å². The Kier molecular flexibility index (Phi) is 4.34. The molecule has 0 spiro atoms. The van der Waals surface area contributed by atoms with Crippen LogP contribution in [-0.2, 0) is 18.3 Å². The highest BCUT2D eigenvalue weighted by Gasteiger charge is 2.18. The lowest BCUT2D eigenvalue weighted by Gasteiger charge is -2.31. The summed E-state index contributed by atoms with van der Waals surface area (Å²) in [4.78, 5) is 18.9. The van der Waals surface area contributed by atoms with E-state index in [1.165, 1.54) is 0 Å². The number of aliphatic imine (C=N–C) groups is 1. The predicted octanol–water partition coefficient (Wildman–Crippen LogP) is 1.07. The molecular weight excluding hydrogens is 292 g/mol. The average Bonchev–Trinajstić information content (AvgIpc) is 2.56. The Bertz CT molecular complexity index is 797.